The van der Waals surface area contributed by atoms with Crippen LogP contribution in [0.3, 0.4) is 0 Å². The van der Waals surface area contributed by atoms with Gasteiger partial charge in [-0.3, -0.25) is 10.1 Å². The lowest BCUT2D eigenvalue weighted by Crippen LogP contribution is -2.13. The highest BCUT2D eigenvalue weighted by Gasteiger charge is 2.21. The lowest BCUT2D eigenvalue weighted by molar-refractivity contribution is -0.385. The smallest absolute Gasteiger partial charge is 0.345 e. The molecule has 114 valence electrons. The molecule has 2 N–H and O–H groups in total. The maximum atomic E-state index is 12.2. The lowest BCUT2D eigenvalue weighted by Gasteiger charge is -2.10. The second-order valence-electron chi connectivity index (χ2n) is 4.39. The molecule has 6 nitrogen and oxygen atoms in total. The van der Waals surface area contributed by atoms with E-state index in [9.17, 15) is 14.9 Å². The number of hydrogen-bond acceptors (Lipinski definition) is 5. The van der Waals surface area contributed by atoms with Crippen LogP contribution in [0.4, 0.5) is 11.4 Å². The zero-order valence-corrected chi connectivity index (χ0v) is 13.6. The number of nitro benzene ring substituents is 1. The summed E-state index contributed by atoms with van der Waals surface area (Å²) in [6.45, 7) is 1.66. The molecule has 2 aromatic carbocycles. The molecule has 0 unspecified atom stereocenters. The van der Waals surface area contributed by atoms with Gasteiger partial charge >= 0.3 is 11.7 Å². The normalized spacial score (nSPS) is 10.3. The van der Waals surface area contributed by atoms with E-state index < -0.39 is 10.9 Å². The highest BCUT2D eigenvalue weighted by Crippen LogP contribution is 2.32. The minimum absolute atomic E-state index is 0.0964. The molecule has 8 heteroatoms. The molecule has 22 heavy (non-hydrogen) atoms. The van der Waals surface area contributed by atoms with Crippen LogP contribution in [-0.4, -0.2) is 10.9 Å². The van der Waals surface area contributed by atoms with E-state index in [2.05, 4.69) is 15.9 Å². The number of hydrogen-bond donors (Lipinski definition) is 1. The zero-order chi connectivity index (χ0) is 16.4. The second-order valence-corrected chi connectivity index (χ2v) is 5.72. The molecule has 0 saturated heterocycles. The molecule has 0 radical (unpaired) electrons. The monoisotopic (exact) mass is 384 g/mol. The fourth-order valence-electron chi connectivity index (χ4n) is 1.75. The summed E-state index contributed by atoms with van der Waals surface area (Å²) in [5, 5.41) is 11.4. The number of ether oxygens (including phenoxy) is 1. The Kier molecular flexibility index (Phi) is 4.68. The number of anilines is 1. The van der Waals surface area contributed by atoms with Gasteiger partial charge in [-0.15, -0.1) is 0 Å². The molecule has 0 aliphatic rings. The minimum Gasteiger partial charge on any atom is -0.415 e. The number of nitrogens with zero attached hydrogens (tertiary/aromatic N) is 1. The second kappa shape index (κ2) is 6.33. The summed E-state index contributed by atoms with van der Waals surface area (Å²) in [6, 6.07) is 7.04. The lowest BCUT2D eigenvalue weighted by atomic mass is 10.1. The Balaban J connectivity index is 2.38. The Bertz CT molecular complexity index is 780. The molecule has 0 amide bonds. The first-order valence-corrected chi connectivity index (χ1v) is 7.19. The van der Waals surface area contributed by atoms with E-state index in [0.29, 0.717) is 15.1 Å². The largest absolute Gasteiger partial charge is 0.415 e. The van der Waals surface area contributed by atoms with Gasteiger partial charge in [-0.1, -0.05) is 27.5 Å². The predicted octanol–water partition coefficient (Wildman–Crippen LogP) is 4.12. The molecule has 0 heterocycles. The molecule has 2 aromatic rings. The van der Waals surface area contributed by atoms with Crippen molar-refractivity contribution in [3.63, 3.8) is 0 Å². The summed E-state index contributed by atoms with van der Waals surface area (Å²) in [7, 11) is 0. The van der Waals surface area contributed by atoms with Gasteiger partial charge < -0.3 is 10.5 Å². The Morgan fingerprint density at radius 3 is 2.68 bits per heavy atom. The van der Waals surface area contributed by atoms with Gasteiger partial charge in [0.2, 0.25) is 5.75 Å². The van der Waals surface area contributed by atoms with Crippen molar-refractivity contribution < 1.29 is 14.5 Å². The molecular formula is C14H10BrClN2O4. The van der Waals surface area contributed by atoms with Crippen molar-refractivity contribution in [2.24, 2.45) is 0 Å². The third kappa shape index (κ3) is 3.20. The van der Waals surface area contributed by atoms with Crippen molar-refractivity contribution in [3.8, 4) is 5.75 Å². The molecule has 0 aliphatic heterocycles. The van der Waals surface area contributed by atoms with E-state index in [1.54, 1.807) is 6.92 Å². The number of esters is 1. The van der Waals surface area contributed by atoms with Gasteiger partial charge in [0, 0.05) is 15.6 Å². The van der Waals surface area contributed by atoms with E-state index >= 15 is 0 Å². The highest BCUT2D eigenvalue weighted by molar-refractivity contribution is 9.10. The van der Waals surface area contributed by atoms with E-state index in [0.717, 1.165) is 0 Å². The number of carbonyl (C=O) groups excluding carboxylic acids is 1. The number of nitrogens with two attached hydrogens (primary N) is 1. The van der Waals surface area contributed by atoms with Crippen molar-refractivity contribution in [1.29, 1.82) is 0 Å². The van der Waals surface area contributed by atoms with Gasteiger partial charge in [-0.2, -0.15) is 0 Å². The van der Waals surface area contributed by atoms with Gasteiger partial charge in [0.25, 0.3) is 0 Å². The van der Waals surface area contributed by atoms with Gasteiger partial charge in [0.15, 0.2) is 0 Å². The van der Waals surface area contributed by atoms with Crippen LogP contribution < -0.4 is 10.5 Å². The Morgan fingerprint density at radius 1 is 1.36 bits per heavy atom. The van der Waals surface area contributed by atoms with Gasteiger partial charge in [0.05, 0.1) is 16.2 Å². The van der Waals surface area contributed by atoms with Gasteiger partial charge in [0.1, 0.15) is 0 Å². The average Bonchev–Trinajstić information content (AvgIpc) is 2.46. The van der Waals surface area contributed by atoms with Crippen LogP contribution in [0.2, 0.25) is 5.02 Å². The molecule has 0 aromatic heterocycles. The van der Waals surface area contributed by atoms with Crippen LogP contribution in [0, 0.1) is 17.0 Å². The summed E-state index contributed by atoms with van der Waals surface area (Å²) >= 11 is 9.03. The third-order valence-corrected chi connectivity index (χ3v) is 3.89. The summed E-state index contributed by atoms with van der Waals surface area (Å²) in [4.78, 5) is 22.6. The first kappa shape index (κ1) is 16.3. The molecule has 0 saturated carbocycles. The number of nitrogen functional groups attached to an aromatic ring is 1. The van der Waals surface area contributed by atoms with Crippen molar-refractivity contribution >= 4 is 44.9 Å². The van der Waals surface area contributed by atoms with Crippen LogP contribution in [0.1, 0.15) is 15.9 Å². The molecule has 2 rings (SSSR count). The van der Waals surface area contributed by atoms with E-state index in [-0.39, 0.29) is 22.7 Å². The van der Waals surface area contributed by atoms with Crippen LogP contribution in [0.15, 0.2) is 34.8 Å². The standard InChI is InChI=1S/C14H10BrClN2O4/c1-7-10(16)4-3-9(13(7)17)14(19)22-12-5-2-8(15)6-11(12)18(20)21/h2-6H,17H2,1H3. The molecule has 0 spiro atoms. The maximum Gasteiger partial charge on any atom is 0.345 e. The number of benzene rings is 2. The van der Waals surface area contributed by atoms with Gasteiger partial charge in [-0.05, 0) is 36.8 Å². The predicted molar refractivity (Wildman–Crippen MR) is 86.4 cm³/mol. The Hall–Kier alpha value is -2.12. The van der Waals surface area contributed by atoms with Crippen LogP contribution in [-0.2, 0) is 0 Å². The number of halogens is 2. The average molecular weight is 386 g/mol. The van der Waals surface area contributed by atoms with Crippen molar-refractivity contribution in [3.05, 3.63) is 61.1 Å². The SMILES string of the molecule is Cc1c(Cl)ccc(C(=O)Oc2ccc(Br)cc2[N+](=O)[O-])c1N. The Labute approximate surface area is 139 Å². The first-order chi connectivity index (χ1) is 10.3. The molecular weight excluding hydrogens is 376 g/mol. The summed E-state index contributed by atoms with van der Waals surface area (Å²) in [5.74, 6) is -0.951. The van der Waals surface area contributed by atoms with Crippen molar-refractivity contribution in [2.45, 2.75) is 6.92 Å². The number of rotatable bonds is 3. The number of carbonyl (C=O) groups is 1. The quantitative estimate of drug-likeness (QED) is 0.282. The van der Waals surface area contributed by atoms with Crippen LogP contribution in [0.25, 0.3) is 0 Å². The minimum atomic E-state index is -0.789. The third-order valence-electron chi connectivity index (χ3n) is 2.99. The number of nitro groups is 1. The molecule has 0 atom stereocenters. The summed E-state index contributed by atoms with van der Waals surface area (Å²) in [5.41, 5.74) is 6.32. The fraction of sp³-hybridized carbons (Fsp3) is 0.0714. The molecule has 0 aliphatic carbocycles. The van der Waals surface area contributed by atoms with Crippen LogP contribution in [0.5, 0.6) is 5.75 Å². The van der Waals surface area contributed by atoms with Crippen molar-refractivity contribution in [1.82, 2.24) is 0 Å². The fourth-order valence-corrected chi connectivity index (χ4v) is 2.27. The highest BCUT2D eigenvalue weighted by atomic mass is 79.9. The Morgan fingerprint density at radius 2 is 2.05 bits per heavy atom. The molecule has 0 bridgehead atoms. The van der Waals surface area contributed by atoms with E-state index in [1.165, 1.54) is 30.3 Å². The molecule has 0 fully saturated rings. The first-order valence-electron chi connectivity index (χ1n) is 6.02. The topological polar surface area (TPSA) is 95.5 Å². The van der Waals surface area contributed by atoms with Crippen molar-refractivity contribution in [2.75, 3.05) is 5.73 Å². The summed E-state index contributed by atoms with van der Waals surface area (Å²) in [6.07, 6.45) is 0. The summed E-state index contributed by atoms with van der Waals surface area (Å²) < 4.78 is 5.60. The van der Waals surface area contributed by atoms with Gasteiger partial charge in [-0.25, -0.2) is 4.79 Å². The van der Waals surface area contributed by atoms with E-state index in [1.807, 2.05) is 0 Å². The van der Waals surface area contributed by atoms with E-state index in [4.69, 9.17) is 22.1 Å². The zero-order valence-electron chi connectivity index (χ0n) is 11.3. The van der Waals surface area contributed by atoms with Crippen LogP contribution >= 0.6 is 27.5 Å². The maximum absolute atomic E-state index is 12.2.